The highest BCUT2D eigenvalue weighted by Crippen LogP contribution is 2.28. The fourth-order valence-electron chi connectivity index (χ4n) is 2.53. The minimum absolute atomic E-state index is 0.0366. The Morgan fingerprint density at radius 3 is 2.23 bits per heavy atom. The molecule has 0 aromatic heterocycles. The van der Waals surface area contributed by atoms with Crippen molar-refractivity contribution in [1.29, 1.82) is 0 Å². The van der Waals surface area contributed by atoms with Crippen molar-refractivity contribution in [3.8, 4) is 0 Å². The van der Waals surface area contributed by atoms with Gasteiger partial charge in [-0.2, -0.15) is 0 Å². The van der Waals surface area contributed by atoms with Gasteiger partial charge in [0, 0.05) is 24.6 Å². The molecule has 22 heavy (non-hydrogen) atoms. The molecule has 116 valence electrons. The predicted octanol–water partition coefficient (Wildman–Crippen LogP) is 0.905. The van der Waals surface area contributed by atoms with E-state index in [9.17, 15) is 14.4 Å². The monoisotopic (exact) mass is 301 g/mol. The summed E-state index contributed by atoms with van der Waals surface area (Å²) in [4.78, 5) is 37.3. The highest BCUT2D eigenvalue weighted by molar-refractivity contribution is 6.00. The normalized spacial score (nSPS) is 20.9. The lowest BCUT2D eigenvalue weighted by Crippen LogP contribution is -2.45. The van der Waals surface area contributed by atoms with Gasteiger partial charge in [-0.3, -0.25) is 25.2 Å². The maximum Gasteiger partial charge on any atom is 0.243 e. The van der Waals surface area contributed by atoms with E-state index in [4.69, 9.17) is 0 Å². The summed E-state index contributed by atoms with van der Waals surface area (Å²) in [5.74, 6) is -0.926. The molecular formula is C16H19N3O3. The molecular weight excluding hydrogens is 282 g/mol. The Bertz CT molecular complexity index is 608. The SMILES string of the molecule is Cc1ccc(N2C[C@H](C(=O)NNC(=O)C3CC3)CC2=O)cc1. The maximum absolute atomic E-state index is 12.1. The summed E-state index contributed by atoms with van der Waals surface area (Å²) < 4.78 is 0. The van der Waals surface area contributed by atoms with Gasteiger partial charge in [-0.25, -0.2) is 0 Å². The second-order valence-electron chi connectivity index (χ2n) is 5.99. The van der Waals surface area contributed by atoms with Gasteiger partial charge in [-0.05, 0) is 31.9 Å². The third kappa shape index (κ3) is 3.10. The van der Waals surface area contributed by atoms with Crippen LogP contribution < -0.4 is 15.8 Å². The van der Waals surface area contributed by atoms with Crippen LogP contribution in [0.2, 0.25) is 0 Å². The van der Waals surface area contributed by atoms with Gasteiger partial charge < -0.3 is 4.90 Å². The molecule has 1 saturated carbocycles. The van der Waals surface area contributed by atoms with Crippen LogP contribution in [0.3, 0.4) is 0 Å². The van der Waals surface area contributed by atoms with Crippen LogP contribution >= 0.6 is 0 Å². The van der Waals surface area contributed by atoms with Crippen LogP contribution in [-0.4, -0.2) is 24.3 Å². The number of amides is 3. The van der Waals surface area contributed by atoms with Crippen molar-refractivity contribution in [2.75, 3.05) is 11.4 Å². The minimum atomic E-state index is -0.437. The lowest BCUT2D eigenvalue weighted by atomic mass is 10.1. The van der Waals surface area contributed by atoms with Gasteiger partial charge >= 0.3 is 0 Å². The van der Waals surface area contributed by atoms with Crippen molar-refractivity contribution < 1.29 is 14.4 Å². The molecule has 3 amide bonds. The summed E-state index contributed by atoms with van der Waals surface area (Å²) in [5, 5.41) is 0. The Labute approximate surface area is 128 Å². The van der Waals surface area contributed by atoms with Crippen molar-refractivity contribution in [3.63, 3.8) is 0 Å². The number of hydrogen-bond acceptors (Lipinski definition) is 3. The third-order valence-corrected chi connectivity index (χ3v) is 4.10. The Morgan fingerprint density at radius 2 is 1.64 bits per heavy atom. The van der Waals surface area contributed by atoms with Gasteiger partial charge in [-0.15, -0.1) is 0 Å². The van der Waals surface area contributed by atoms with Gasteiger partial charge in [0.25, 0.3) is 0 Å². The lowest BCUT2D eigenvalue weighted by Gasteiger charge is -2.17. The maximum atomic E-state index is 12.1. The summed E-state index contributed by atoms with van der Waals surface area (Å²) in [6, 6.07) is 7.63. The third-order valence-electron chi connectivity index (χ3n) is 4.10. The molecule has 1 aliphatic heterocycles. The topological polar surface area (TPSA) is 78.5 Å². The van der Waals surface area contributed by atoms with E-state index in [1.807, 2.05) is 31.2 Å². The molecule has 2 N–H and O–H groups in total. The van der Waals surface area contributed by atoms with Crippen molar-refractivity contribution in [1.82, 2.24) is 10.9 Å². The number of nitrogens with one attached hydrogen (secondary N) is 2. The summed E-state index contributed by atoms with van der Waals surface area (Å²) in [6.45, 7) is 2.32. The smallest absolute Gasteiger partial charge is 0.243 e. The first-order valence-corrected chi connectivity index (χ1v) is 7.51. The lowest BCUT2D eigenvalue weighted by molar-refractivity contribution is -0.131. The number of carbonyl (C=O) groups is 3. The van der Waals surface area contributed by atoms with Gasteiger partial charge in [0.2, 0.25) is 17.7 Å². The highest BCUT2D eigenvalue weighted by atomic mass is 16.2. The minimum Gasteiger partial charge on any atom is -0.312 e. The Morgan fingerprint density at radius 1 is 1.05 bits per heavy atom. The molecule has 0 radical (unpaired) electrons. The molecule has 1 aromatic rings. The van der Waals surface area contributed by atoms with Crippen LogP contribution in [0.4, 0.5) is 5.69 Å². The Balaban J connectivity index is 1.57. The number of nitrogens with zero attached hydrogens (tertiary/aromatic N) is 1. The number of hydrogen-bond donors (Lipinski definition) is 2. The van der Waals surface area contributed by atoms with E-state index in [0.29, 0.717) is 6.54 Å². The van der Waals surface area contributed by atoms with E-state index in [-0.39, 0.29) is 30.1 Å². The molecule has 2 fully saturated rings. The van der Waals surface area contributed by atoms with Crippen LogP contribution in [0.1, 0.15) is 24.8 Å². The summed E-state index contributed by atoms with van der Waals surface area (Å²) in [7, 11) is 0. The largest absolute Gasteiger partial charge is 0.312 e. The zero-order valence-electron chi connectivity index (χ0n) is 12.5. The average molecular weight is 301 g/mol. The summed E-state index contributed by atoms with van der Waals surface area (Å²) in [5.41, 5.74) is 6.78. The predicted molar refractivity (Wildman–Crippen MR) is 80.6 cm³/mol. The summed E-state index contributed by atoms with van der Waals surface area (Å²) >= 11 is 0. The number of benzene rings is 1. The van der Waals surface area contributed by atoms with E-state index in [1.54, 1.807) is 4.90 Å². The van der Waals surface area contributed by atoms with E-state index < -0.39 is 5.92 Å². The van der Waals surface area contributed by atoms with Crippen LogP contribution in [0.5, 0.6) is 0 Å². The second kappa shape index (κ2) is 5.79. The molecule has 2 aliphatic rings. The van der Waals surface area contributed by atoms with E-state index >= 15 is 0 Å². The van der Waals surface area contributed by atoms with Crippen LogP contribution in [-0.2, 0) is 14.4 Å². The molecule has 6 nitrogen and oxygen atoms in total. The van der Waals surface area contributed by atoms with E-state index in [0.717, 1.165) is 24.1 Å². The van der Waals surface area contributed by atoms with Crippen LogP contribution in [0, 0.1) is 18.8 Å². The number of hydrazine groups is 1. The highest BCUT2D eigenvalue weighted by Gasteiger charge is 2.36. The first kappa shape index (κ1) is 14.6. The first-order chi connectivity index (χ1) is 10.5. The Kier molecular flexibility index (Phi) is 3.83. The number of carbonyl (C=O) groups excluding carboxylic acids is 3. The number of anilines is 1. The number of rotatable bonds is 3. The molecule has 6 heteroatoms. The summed E-state index contributed by atoms with van der Waals surface area (Å²) in [6.07, 6.45) is 1.93. The van der Waals surface area contributed by atoms with Gasteiger partial charge in [0.1, 0.15) is 0 Å². The molecule has 0 spiro atoms. The van der Waals surface area contributed by atoms with E-state index in [2.05, 4.69) is 10.9 Å². The zero-order chi connectivity index (χ0) is 15.7. The van der Waals surface area contributed by atoms with Gasteiger partial charge in [0.15, 0.2) is 0 Å². The fraction of sp³-hybridized carbons (Fsp3) is 0.438. The van der Waals surface area contributed by atoms with Crippen LogP contribution in [0.25, 0.3) is 0 Å². The Hall–Kier alpha value is -2.37. The molecule has 0 bridgehead atoms. The molecule has 3 rings (SSSR count). The van der Waals surface area contributed by atoms with Crippen molar-refractivity contribution in [2.24, 2.45) is 11.8 Å². The van der Waals surface area contributed by atoms with Crippen molar-refractivity contribution in [3.05, 3.63) is 29.8 Å². The zero-order valence-corrected chi connectivity index (χ0v) is 12.5. The molecule has 1 saturated heterocycles. The van der Waals surface area contributed by atoms with Crippen LogP contribution in [0.15, 0.2) is 24.3 Å². The van der Waals surface area contributed by atoms with E-state index in [1.165, 1.54) is 0 Å². The molecule has 1 aliphatic carbocycles. The molecule has 1 heterocycles. The number of aryl methyl sites for hydroxylation is 1. The van der Waals surface area contributed by atoms with Crippen molar-refractivity contribution >= 4 is 23.4 Å². The molecule has 1 atom stereocenters. The average Bonchev–Trinajstić information content (AvgIpc) is 3.28. The van der Waals surface area contributed by atoms with Crippen molar-refractivity contribution in [2.45, 2.75) is 26.2 Å². The second-order valence-corrected chi connectivity index (χ2v) is 5.99. The molecule has 1 aromatic carbocycles. The quantitative estimate of drug-likeness (QED) is 0.814. The van der Waals surface area contributed by atoms with Gasteiger partial charge in [0.05, 0.1) is 5.92 Å². The standard InChI is InChI=1S/C16H19N3O3/c1-10-2-6-13(7-3-10)19-9-12(8-14(19)20)16(22)18-17-15(21)11-4-5-11/h2-3,6-7,11-12H,4-5,8-9H2,1H3,(H,17,21)(H,18,22)/t12-/m1/s1. The van der Waals surface area contributed by atoms with Gasteiger partial charge in [-0.1, -0.05) is 17.7 Å². The first-order valence-electron chi connectivity index (χ1n) is 7.51. The fourth-order valence-corrected chi connectivity index (χ4v) is 2.53. The molecule has 0 unspecified atom stereocenters.